The summed E-state index contributed by atoms with van der Waals surface area (Å²) in [6, 6.07) is 2.71. The summed E-state index contributed by atoms with van der Waals surface area (Å²) in [6.07, 6.45) is 3.53. The standard InChI is InChI=1S/C15H23N5S/c1-10(2)9-16-11(3)15-17-18-19-20(15)13-5-4-6-14-12(13)7-8-21-14/h7-8,10-11,13,16H,4-6,9H2,1-3H3. The Morgan fingerprint density at radius 3 is 3.10 bits per heavy atom. The number of aryl methyl sites for hydroxylation is 1. The third-order valence-electron chi connectivity index (χ3n) is 4.05. The Labute approximate surface area is 129 Å². The van der Waals surface area contributed by atoms with Crippen molar-refractivity contribution in [2.45, 2.75) is 52.1 Å². The summed E-state index contributed by atoms with van der Waals surface area (Å²) in [5.74, 6) is 1.56. The number of hydrogen-bond donors (Lipinski definition) is 1. The predicted octanol–water partition coefficient (Wildman–Crippen LogP) is 2.97. The fraction of sp³-hybridized carbons (Fsp3) is 0.667. The molecule has 2 aromatic heterocycles. The van der Waals surface area contributed by atoms with Gasteiger partial charge < -0.3 is 5.32 Å². The van der Waals surface area contributed by atoms with Crippen LogP contribution in [-0.2, 0) is 6.42 Å². The SMILES string of the molecule is CC(C)CNC(C)c1nnnn1C1CCCc2sccc21. The summed E-state index contributed by atoms with van der Waals surface area (Å²) in [7, 11) is 0. The second-order valence-electron chi connectivity index (χ2n) is 6.21. The quantitative estimate of drug-likeness (QED) is 0.922. The Kier molecular flexibility index (Phi) is 4.35. The van der Waals surface area contributed by atoms with Crippen molar-refractivity contribution in [2.24, 2.45) is 5.92 Å². The first kappa shape index (κ1) is 14.7. The van der Waals surface area contributed by atoms with E-state index in [4.69, 9.17) is 0 Å². The molecule has 0 bridgehead atoms. The third-order valence-corrected chi connectivity index (χ3v) is 5.05. The smallest absolute Gasteiger partial charge is 0.168 e. The Bertz CT molecular complexity index is 588. The van der Waals surface area contributed by atoms with Gasteiger partial charge in [-0.15, -0.1) is 16.4 Å². The molecule has 0 aliphatic heterocycles. The van der Waals surface area contributed by atoms with E-state index in [0.29, 0.717) is 12.0 Å². The average molecular weight is 305 g/mol. The number of aromatic nitrogens is 4. The molecule has 114 valence electrons. The minimum Gasteiger partial charge on any atom is -0.307 e. The summed E-state index contributed by atoms with van der Waals surface area (Å²) < 4.78 is 2.03. The molecule has 0 amide bonds. The summed E-state index contributed by atoms with van der Waals surface area (Å²) in [4.78, 5) is 1.50. The number of thiophene rings is 1. The highest BCUT2D eigenvalue weighted by molar-refractivity contribution is 7.10. The van der Waals surface area contributed by atoms with E-state index in [9.17, 15) is 0 Å². The van der Waals surface area contributed by atoms with Crippen molar-refractivity contribution in [1.29, 1.82) is 0 Å². The second kappa shape index (κ2) is 6.23. The molecule has 0 aromatic carbocycles. The van der Waals surface area contributed by atoms with Gasteiger partial charge in [0.25, 0.3) is 0 Å². The molecule has 2 unspecified atom stereocenters. The first-order chi connectivity index (χ1) is 10.2. The van der Waals surface area contributed by atoms with Gasteiger partial charge in [-0.2, -0.15) is 0 Å². The van der Waals surface area contributed by atoms with Gasteiger partial charge in [0.2, 0.25) is 0 Å². The highest BCUT2D eigenvalue weighted by atomic mass is 32.1. The van der Waals surface area contributed by atoms with Crippen LogP contribution in [0.25, 0.3) is 0 Å². The number of nitrogens with one attached hydrogen (secondary N) is 1. The van der Waals surface area contributed by atoms with E-state index in [2.05, 4.69) is 53.1 Å². The van der Waals surface area contributed by atoms with Crippen LogP contribution in [0.3, 0.4) is 0 Å². The van der Waals surface area contributed by atoms with Crippen LogP contribution in [0.1, 0.15) is 62.0 Å². The fourth-order valence-corrected chi connectivity index (χ4v) is 3.91. The zero-order valence-corrected chi connectivity index (χ0v) is 13.7. The second-order valence-corrected chi connectivity index (χ2v) is 7.21. The molecule has 0 radical (unpaired) electrons. The number of tetrazole rings is 1. The van der Waals surface area contributed by atoms with Crippen LogP contribution in [0, 0.1) is 5.92 Å². The van der Waals surface area contributed by atoms with E-state index < -0.39 is 0 Å². The Morgan fingerprint density at radius 2 is 2.29 bits per heavy atom. The van der Waals surface area contributed by atoms with Gasteiger partial charge in [0.1, 0.15) is 0 Å². The van der Waals surface area contributed by atoms with Crippen LogP contribution >= 0.6 is 11.3 Å². The summed E-state index contributed by atoms with van der Waals surface area (Å²) in [6.45, 7) is 7.53. The van der Waals surface area contributed by atoms with Crippen molar-refractivity contribution in [3.8, 4) is 0 Å². The Hall–Kier alpha value is -1.27. The maximum absolute atomic E-state index is 4.29. The normalized spacial score (nSPS) is 19.7. The predicted molar refractivity (Wildman–Crippen MR) is 84.5 cm³/mol. The molecule has 2 heterocycles. The van der Waals surface area contributed by atoms with E-state index >= 15 is 0 Å². The van der Waals surface area contributed by atoms with Crippen LogP contribution in [-0.4, -0.2) is 26.8 Å². The van der Waals surface area contributed by atoms with E-state index in [1.165, 1.54) is 23.3 Å². The van der Waals surface area contributed by atoms with Crippen LogP contribution < -0.4 is 5.32 Å². The van der Waals surface area contributed by atoms with Gasteiger partial charge in [0.05, 0.1) is 12.1 Å². The van der Waals surface area contributed by atoms with Crippen molar-refractivity contribution in [3.05, 3.63) is 27.7 Å². The molecule has 2 atom stereocenters. The van der Waals surface area contributed by atoms with Crippen LogP contribution in [0.4, 0.5) is 0 Å². The van der Waals surface area contributed by atoms with Crippen molar-refractivity contribution in [2.75, 3.05) is 6.54 Å². The fourth-order valence-electron chi connectivity index (χ4n) is 2.93. The number of fused-ring (bicyclic) bond motifs is 1. The average Bonchev–Trinajstić information content (AvgIpc) is 3.12. The van der Waals surface area contributed by atoms with Gasteiger partial charge in [0.15, 0.2) is 5.82 Å². The summed E-state index contributed by atoms with van der Waals surface area (Å²) in [5, 5.41) is 18.2. The molecule has 1 aliphatic carbocycles. The largest absolute Gasteiger partial charge is 0.307 e. The monoisotopic (exact) mass is 305 g/mol. The van der Waals surface area contributed by atoms with Crippen LogP contribution in [0.5, 0.6) is 0 Å². The maximum Gasteiger partial charge on any atom is 0.168 e. The van der Waals surface area contributed by atoms with Gasteiger partial charge in [-0.05, 0) is 66.1 Å². The first-order valence-corrected chi connectivity index (χ1v) is 8.62. The van der Waals surface area contributed by atoms with Crippen LogP contribution in [0.2, 0.25) is 0 Å². The molecule has 3 rings (SSSR count). The van der Waals surface area contributed by atoms with Crippen molar-refractivity contribution in [3.63, 3.8) is 0 Å². The zero-order chi connectivity index (χ0) is 14.8. The highest BCUT2D eigenvalue weighted by Crippen LogP contribution is 2.36. The molecule has 5 nitrogen and oxygen atoms in total. The molecular weight excluding hydrogens is 282 g/mol. The van der Waals surface area contributed by atoms with Gasteiger partial charge in [-0.25, -0.2) is 4.68 Å². The van der Waals surface area contributed by atoms with Gasteiger partial charge >= 0.3 is 0 Å². The number of hydrogen-bond acceptors (Lipinski definition) is 5. The molecule has 0 saturated heterocycles. The molecular formula is C15H23N5S. The summed E-state index contributed by atoms with van der Waals surface area (Å²) in [5.41, 5.74) is 1.41. The zero-order valence-electron chi connectivity index (χ0n) is 12.9. The van der Waals surface area contributed by atoms with Crippen molar-refractivity contribution >= 4 is 11.3 Å². The molecule has 6 heteroatoms. The van der Waals surface area contributed by atoms with E-state index in [1.807, 2.05) is 16.0 Å². The molecule has 21 heavy (non-hydrogen) atoms. The van der Waals surface area contributed by atoms with Crippen LogP contribution in [0.15, 0.2) is 11.4 Å². The first-order valence-electron chi connectivity index (χ1n) is 7.74. The minimum absolute atomic E-state index is 0.173. The van der Waals surface area contributed by atoms with Gasteiger partial charge in [-0.1, -0.05) is 13.8 Å². The topological polar surface area (TPSA) is 55.6 Å². The molecule has 1 aliphatic rings. The van der Waals surface area contributed by atoms with E-state index in [1.54, 1.807) is 0 Å². The molecule has 2 aromatic rings. The minimum atomic E-state index is 0.173. The molecule has 0 fully saturated rings. The molecule has 0 saturated carbocycles. The van der Waals surface area contributed by atoms with E-state index in [0.717, 1.165) is 18.8 Å². The van der Waals surface area contributed by atoms with Crippen molar-refractivity contribution < 1.29 is 0 Å². The Balaban J connectivity index is 1.83. The third kappa shape index (κ3) is 3.01. The van der Waals surface area contributed by atoms with Gasteiger partial charge in [0, 0.05) is 4.88 Å². The maximum atomic E-state index is 4.29. The Morgan fingerprint density at radius 1 is 1.43 bits per heavy atom. The summed E-state index contributed by atoms with van der Waals surface area (Å²) >= 11 is 1.86. The molecule has 0 spiro atoms. The lowest BCUT2D eigenvalue weighted by molar-refractivity contribution is 0.400. The lowest BCUT2D eigenvalue weighted by atomic mass is 9.94. The lowest BCUT2D eigenvalue weighted by Gasteiger charge is -2.25. The molecule has 1 N–H and O–H groups in total. The highest BCUT2D eigenvalue weighted by Gasteiger charge is 2.27. The lowest BCUT2D eigenvalue weighted by Crippen LogP contribution is -2.28. The number of rotatable bonds is 5. The van der Waals surface area contributed by atoms with Crippen molar-refractivity contribution in [1.82, 2.24) is 25.5 Å². The van der Waals surface area contributed by atoms with Gasteiger partial charge in [-0.3, -0.25) is 0 Å². The van der Waals surface area contributed by atoms with E-state index in [-0.39, 0.29) is 6.04 Å². The number of nitrogens with zero attached hydrogens (tertiary/aromatic N) is 4.